The zero-order chi connectivity index (χ0) is 23.7. The van der Waals surface area contributed by atoms with Crippen LogP contribution in [0.3, 0.4) is 0 Å². The number of hydrogen-bond acceptors (Lipinski definition) is 5. The first-order valence-corrected chi connectivity index (χ1v) is 13.3. The topological polar surface area (TPSA) is 78.5 Å². The molecule has 0 aliphatic carbocycles. The molecule has 9 heteroatoms. The third kappa shape index (κ3) is 7.58. The molecule has 1 amide bonds. The molecular weight excluding hydrogens is 449 g/mol. The number of benzene rings is 2. The van der Waals surface area contributed by atoms with Gasteiger partial charge in [-0.25, -0.2) is 12.8 Å². The minimum Gasteiger partial charge on any atom is -0.351 e. The maximum absolute atomic E-state index is 14.0. The first kappa shape index (κ1) is 26.3. The van der Waals surface area contributed by atoms with Gasteiger partial charge in [0.2, 0.25) is 15.9 Å². The summed E-state index contributed by atoms with van der Waals surface area (Å²) in [6.45, 7) is 5.24. The SMILES string of the molecule is CSCCC(NS(=O)(=O)c1ccccc1F)C(=O)NCc1ccccc1CN(C)C(C)C. The number of rotatable bonds is 12. The Labute approximate surface area is 195 Å². The molecule has 2 aromatic rings. The quantitative estimate of drug-likeness (QED) is 0.486. The van der Waals surface area contributed by atoms with E-state index in [0.29, 0.717) is 18.2 Å². The fourth-order valence-electron chi connectivity index (χ4n) is 3.03. The van der Waals surface area contributed by atoms with Crippen molar-refractivity contribution in [2.45, 2.75) is 50.3 Å². The van der Waals surface area contributed by atoms with E-state index in [2.05, 4.69) is 28.8 Å². The van der Waals surface area contributed by atoms with Crippen LogP contribution in [0.5, 0.6) is 0 Å². The van der Waals surface area contributed by atoms with Gasteiger partial charge in [0.25, 0.3) is 0 Å². The predicted molar refractivity (Wildman–Crippen MR) is 128 cm³/mol. The molecule has 0 bridgehead atoms. The highest BCUT2D eigenvalue weighted by atomic mass is 32.2. The van der Waals surface area contributed by atoms with E-state index in [1.807, 2.05) is 37.6 Å². The average Bonchev–Trinajstić information content (AvgIpc) is 2.75. The Morgan fingerprint density at radius 2 is 1.72 bits per heavy atom. The van der Waals surface area contributed by atoms with Crippen molar-refractivity contribution in [1.29, 1.82) is 0 Å². The Kier molecular flexibility index (Phi) is 10.1. The van der Waals surface area contributed by atoms with Crippen LogP contribution in [-0.4, -0.2) is 50.4 Å². The van der Waals surface area contributed by atoms with Crippen LogP contribution in [0.1, 0.15) is 31.4 Å². The molecule has 0 spiro atoms. The average molecular weight is 482 g/mol. The summed E-state index contributed by atoms with van der Waals surface area (Å²) < 4.78 is 41.8. The molecule has 0 aliphatic heterocycles. The maximum atomic E-state index is 14.0. The molecule has 1 atom stereocenters. The van der Waals surface area contributed by atoms with Crippen molar-refractivity contribution in [3.05, 3.63) is 65.5 Å². The summed E-state index contributed by atoms with van der Waals surface area (Å²) in [6, 6.07) is 12.3. The van der Waals surface area contributed by atoms with Gasteiger partial charge in [-0.3, -0.25) is 9.69 Å². The van der Waals surface area contributed by atoms with Gasteiger partial charge in [0.05, 0.1) is 0 Å². The van der Waals surface area contributed by atoms with E-state index >= 15 is 0 Å². The normalized spacial score (nSPS) is 12.8. The second kappa shape index (κ2) is 12.3. The number of sulfonamides is 1. The van der Waals surface area contributed by atoms with Crippen LogP contribution >= 0.6 is 11.8 Å². The Balaban J connectivity index is 2.13. The molecule has 0 saturated heterocycles. The number of carbonyl (C=O) groups excluding carboxylic acids is 1. The molecule has 0 radical (unpaired) electrons. The van der Waals surface area contributed by atoms with Gasteiger partial charge in [-0.05, 0) is 62.6 Å². The smallest absolute Gasteiger partial charge is 0.244 e. The zero-order valence-electron chi connectivity index (χ0n) is 19.0. The van der Waals surface area contributed by atoms with Crippen molar-refractivity contribution < 1.29 is 17.6 Å². The number of nitrogens with zero attached hydrogens (tertiary/aromatic N) is 1. The molecule has 0 aliphatic rings. The summed E-state index contributed by atoms with van der Waals surface area (Å²) in [5.74, 6) is -0.716. The fraction of sp³-hybridized carbons (Fsp3) is 0.435. The van der Waals surface area contributed by atoms with Gasteiger partial charge in [0.15, 0.2) is 0 Å². The molecule has 0 fully saturated rings. The van der Waals surface area contributed by atoms with Crippen LogP contribution < -0.4 is 10.0 Å². The van der Waals surface area contributed by atoms with Crippen LogP contribution in [0.2, 0.25) is 0 Å². The number of halogens is 1. The van der Waals surface area contributed by atoms with Crippen LogP contribution in [0.15, 0.2) is 53.4 Å². The van der Waals surface area contributed by atoms with Gasteiger partial charge >= 0.3 is 0 Å². The van der Waals surface area contributed by atoms with Crippen LogP contribution in [0.4, 0.5) is 4.39 Å². The molecule has 0 heterocycles. The molecule has 32 heavy (non-hydrogen) atoms. The number of nitrogens with one attached hydrogen (secondary N) is 2. The Hall–Kier alpha value is -1.94. The maximum Gasteiger partial charge on any atom is 0.244 e. The molecule has 0 aromatic heterocycles. The minimum atomic E-state index is -4.18. The fourth-order valence-corrected chi connectivity index (χ4v) is 4.81. The van der Waals surface area contributed by atoms with Crippen LogP contribution in [0.25, 0.3) is 0 Å². The summed E-state index contributed by atoms with van der Waals surface area (Å²) in [4.78, 5) is 14.6. The monoisotopic (exact) mass is 481 g/mol. The van der Waals surface area contributed by atoms with Crippen molar-refractivity contribution in [3.8, 4) is 0 Å². The third-order valence-corrected chi connectivity index (χ3v) is 7.37. The number of hydrogen-bond donors (Lipinski definition) is 2. The van der Waals surface area contributed by atoms with E-state index in [-0.39, 0.29) is 6.54 Å². The van der Waals surface area contributed by atoms with Crippen LogP contribution in [-0.2, 0) is 27.9 Å². The van der Waals surface area contributed by atoms with Gasteiger partial charge in [0.1, 0.15) is 16.8 Å². The van der Waals surface area contributed by atoms with Gasteiger partial charge < -0.3 is 5.32 Å². The van der Waals surface area contributed by atoms with Crippen molar-refractivity contribution in [2.24, 2.45) is 0 Å². The van der Waals surface area contributed by atoms with E-state index in [1.165, 1.54) is 30.0 Å². The number of thioether (sulfide) groups is 1. The summed E-state index contributed by atoms with van der Waals surface area (Å²) in [7, 11) is -2.15. The lowest BCUT2D eigenvalue weighted by atomic mass is 10.1. The highest BCUT2D eigenvalue weighted by molar-refractivity contribution is 7.98. The van der Waals surface area contributed by atoms with Crippen molar-refractivity contribution in [2.75, 3.05) is 19.1 Å². The Morgan fingerprint density at radius 1 is 1.09 bits per heavy atom. The van der Waals surface area contributed by atoms with Crippen LogP contribution in [0, 0.1) is 5.82 Å². The summed E-state index contributed by atoms with van der Waals surface area (Å²) >= 11 is 1.50. The largest absolute Gasteiger partial charge is 0.351 e. The molecule has 2 rings (SSSR count). The molecular formula is C23H32FN3O3S2. The first-order valence-electron chi connectivity index (χ1n) is 10.5. The van der Waals surface area contributed by atoms with Gasteiger partial charge in [-0.2, -0.15) is 16.5 Å². The van der Waals surface area contributed by atoms with Gasteiger partial charge in [-0.1, -0.05) is 36.4 Å². The van der Waals surface area contributed by atoms with E-state index < -0.39 is 32.7 Å². The second-order valence-electron chi connectivity index (χ2n) is 7.88. The van der Waals surface area contributed by atoms with Gasteiger partial charge in [-0.15, -0.1) is 0 Å². The van der Waals surface area contributed by atoms with E-state index in [1.54, 1.807) is 0 Å². The highest BCUT2D eigenvalue weighted by Crippen LogP contribution is 2.16. The molecule has 2 aromatic carbocycles. The summed E-state index contributed by atoms with van der Waals surface area (Å²) in [6.07, 6.45) is 2.17. The molecule has 176 valence electrons. The van der Waals surface area contributed by atoms with Crippen molar-refractivity contribution in [1.82, 2.24) is 14.9 Å². The predicted octanol–water partition coefficient (Wildman–Crippen LogP) is 3.38. The Bertz CT molecular complexity index is 999. The van der Waals surface area contributed by atoms with E-state index in [0.717, 1.165) is 23.7 Å². The molecule has 1 unspecified atom stereocenters. The second-order valence-corrected chi connectivity index (χ2v) is 10.5. The van der Waals surface area contributed by atoms with E-state index in [9.17, 15) is 17.6 Å². The molecule has 6 nitrogen and oxygen atoms in total. The molecule has 0 saturated carbocycles. The molecule has 2 N–H and O–H groups in total. The lowest BCUT2D eigenvalue weighted by Crippen LogP contribution is -2.47. The summed E-state index contributed by atoms with van der Waals surface area (Å²) in [5.41, 5.74) is 2.06. The third-order valence-electron chi connectivity index (χ3n) is 5.22. The Morgan fingerprint density at radius 3 is 2.34 bits per heavy atom. The standard InChI is InChI=1S/C23H32FN3O3S2/c1-17(2)27(3)16-19-10-6-5-9-18(19)15-25-23(28)21(13-14-31-4)26-32(29,30)22-12-8-7-11-20(22)24/h5-12,17,21,26H,13-16H2,1-4H3,(H,25,28). The van der Waals surface area contributed by atoms with Crippen molar-refractivity contribution >= 4 is 27.7 Å². The zero-order valence-corrected chi connectivity index (χ0v) is 20.6. The highest BCUT2D eigenvalue weighted by Gasteiger charge is 2.27. The minimum absolute atomic E-state index is 0.276. The number of carbonyl (C=O) groups is 1. The van der Waals surface area contributed by atoms with E-state index in [4.69, 9.17) is 0 Å². The number of amides is 1. The van der Waals surface area contributed by atoms with Gasteiger partial charge in [0, 0.05) is 19.1 Å². The lowest BCUT2D eigenvalue weighted by molar-refractivity contribution is -0.122. The van der Waals surface area contributed by atoms with Crippen molar-refractivity contribution in [3.63, 3.8) is 0 Å². The lowest BCUT2D eigenvalue weighted by Gasteiger charge is -2.23. The first-order chi connectivity index (χ1) is 15.2. The summed E-state index contributed by atoms with van der Waals surface area (Å²) in [5, 5.41) is 2.85.